The van der Waals surface area contributed by atoms with Crippen molar-refractivity contribution in [1.82, 2.24) is 19.4 Å². The van der Waals surface area contributed by atoms with Crippen LogP contribution >= 0.6 is 0 Å². The molecule has 4 rings (SSSR count). The van der Waals surface area contributed by atoms with Gasteiger partial charge in [0.15, 0.2) is 9.84 Å². The third kappa shape index (κ3) is 3.71. The Balaban J connectivity index is 1.57. The number of carbonyl (C=O) groups excluding carboxylic acids is 1. The molecule has 140 valence electrons. The van der Waals surface area contributed by atoms with Crippen LogP contribution in [0.4, 0.5) is 0 Å². The van der Waals surface area contributed by atoms with Crippen molar-refractivity contribution in [1.29, 1.82) is 0 Å². The highest BCUT2D eigenvalue weighted by Gasteiger charge is 2.25. The molecule has 0 radical (unpaired) electrons. The molecule has 1 aliphatic heterocycles. The lowest BCUT2D eigenvalue weighted by molar-refractivity contribution is -0.131. The van der Waals surface area contributed by atoms with Crippen LogP contribution in [-0.2, 0) is 21.2 Å². The lowest BCUT2D eigenvalue weighted by Gasteiger charge is -2.27. The molecule has 27 heavy (non-hydrogen) atoms. The molecular formula is C19H20N4O3S. The van der Waals surface area contributed by atoms with Crippen LogP contribution in [0.15, 0.2) is 48.9 Å². The molecule has 0 N–H and O–H groups in total. The number of fused-ring (bicyclic) bond motifs is 1. The smallest absolute Gasteiger partial charge is 0.224 e. The van der Waals surface area contributed by atoms with E-state index in [1.54, 1.807) is 23.5 Å². The van der Waals surface area contributed by atoms with Crippen LogP contribution < -0.4 is 0 Å². The van der Waals surface area contributed by atoms with Gasteiger partial charge in [-0.15, -0.1) is 0 Å². The standard InChI is InChI=1S/C19H20N4O3S/c24-18(22-10-12-27(25,26)13-11-22)5-9-23-17(15-3-7-20-8-4-15)14-16-2-1-6-21-19(16)23/h1-4,6-8,14H,5,9-13H2. The molecule has 0 spiro atoms. The molecule has 1 aliphatic rings. The topological polar surface area (TPSA) is 85.2 Å². The summed E-state index contributed by atoms with van der Waals surface area (Å²) in [5.41, 5.74) is 2.83. The molecule has 0 aliphatic carbocycles. The third-order valence-electron chi connectivity index (χ3n) is 4.88. The van der Waals surface area contributed by atoms with Crippen molar-refractivity contribution >= 4 is 26.8 Å². The minimum absolute atomic E-state index is 0.0247. The molecule has 0 saturated carbocycles. The van der Waals surface area contributed by atoms with Gasteiger partial charge in [0.05, 0.1) is 17.2 Å². The molecule has 1 fully saturated rings. The number of sulfone groups is 1. The predicted octanol–water partition coefficient (Wildman–Crippen LogP) is 1.75. The number of aryl methyl sites for hydroxylation is 1. The Bertz CT molecular complexity index is 1060. The maximum absolute atomic E-state index is 12.6. The van der Waals surface area contributed by atoms with Gasteiger partial charge in [-0.25, -0.2) is 13.4 Å². The number of hydrogen-bond acceptors (Lipinski definition) is 5. The highest BCUT2D eigenvalue weighted by Crippen LogP contribution is 2.27. The number of nitrogens with zero attached hydrogens (tertiary/aromatic N) is 4. The van der Waals surface area contributed by atoms with Crippen molar-refractivity contribution in [3.63, 3.8) is 0 Å². The Morgan fingerprint density at radius 2 is 1.81 bits per heavy atom. The molecule has 0 bridgehead atoms. The Morgan fingerprint density at radius 1 is 1.07 bits per heavy atom. The Labute approximate surface area is 157 Å². The average molecular weight is 384 g/mol. The van der Waals surface area contributed by atoms with Crippen molar-refractivity contribution in [3.05, 3.63) is 48.9 Å². The van der Waals surface area contributed by atoms with Crippen molar-refractivity contribution < 1.29 is 13.2 Å². The summed E-state index contributed by atoms with van der Waals surface area (Å²) in [6.45, 7) is 1.05. The Morgan fingerprint density at radius 3 is 2.56 bits per heavy atom. The summed E-state index contributed by atoms with van der Waals surface area (Å²) in [6, 6.07) is 9.82. The zero-order chi connectivity index (χ0) is 18.9. The summed E-state index contributed by atoms with van der Waals surface area (Å²) < 4.78 is 25.2. The van der Waals surface area contributed by atoms with Crippen molar-refractivity contribution in [2.24, 2.45) is 0 Å². The fourth-order valence-corrected chi connectivity index (χ4v) is 4.60. The van der Waals surface area contributed by atoms with Gasteiger partial charge >= 0.3 is 0 Å². The van der Waals surface area contributed by atoms with Crippen LogP contribution in [0, 0.1) is 0 Å². The summed E-state index contributed by atoms with van der Waals surface area (Å²) >= 11 is 0. The first-order valence-corrected chi connectivity index (χ1v) is 10.7. The molecule has 1 saturated heterocycles. The van der Waals surface area contributed by atoms with Crippen LogP contribution in [0.5, 0.6) is 0 Å². The van der Waals surface area contributed by atoms with E-state index >= 15 is 0 Å². The second-order valence-corrected chi connectivity index (χ2v) is 8.92. The van der Waals surface area contributed by atoms with Gasteiger partial charge in [-0.3, -0.25) is 9.78 Å². The second kappa shape index (κ2) is 7.11. The van der Waals surface area contributed by atoms with Crippen molar-refractivity contribution in [2.45, 2.75) is 13.0 Å². The van der Waals surface area contributed by atoms with Gasteiger partial charge in [-0.2, -0.15) is 0 Å². The lowest BCUT2D eigenvalue weighted by atomic mass is 10.2. The second-order valence-electron chi connectivity index (χ2n) is 6.62. The molecule has 1 amide bonds. The van der Waals surface area contributed by atoms with Crippen LogP contribution in [0.25, 0.3) is 22.3 Å². The van der Waals surface area contributed by atoms with Crippen LogP contribution in [0.2, 0.25) is 0 Å². The molecule has 7 nitrogen and oxygen atoms in total. The summed E-state index contributed by atoms with van der Waals surface area (Å²) in [5, 5.41) is 1.01. The van der Waals surface area contributed by atoms with E-state index < -0.39 is 9.84 Å². The van der Waals surface area contributed by atoms with E-state index in [0.717, 1.165) is 22.3 Å². The minimum Gasteiger partial charge on any atom is -0.341 e. The Kier molecular flexibility index (Phi) is 4.65. The van der Waals surface area contributed by atoms with Gasteiger partial charge in [0.25, 0.3) is 0 Å². The molecule has 0 unspecified atom stereocenters. The van der Waals surface area contributed by atoms with Gasteiger partial charge < -0.3 is 9.47 Å². The van der Waals surface area contributed by atoms with E-state index in [2.05, 4.69) is 16.0 Å². The number of aromatic nitrogens is 3. The largest absolute Gasteiger partial charge is 0.341 e. The first-order chi connectivity index (χ1) is 13.0. The summed E-state index contributed by atoms with van der Waals surface area (Å²) in [7, 11) is -2.99. The molecule has 8 heteroatoms. The van der Waals surface area contributed by atoms with Crippen molar-refractivity contribution in [3.8, 4) is 11.3 Å². The van der Waals surface area contributed by atoms with E-state index in [9.17, 15) is 13.2 Å². The fraction of sp³-hybridized carbons (Fsp3) is 0.316. The number of hydrogen-bond donors (Lipinski definition) is 0. The van der Waals surface area contributed by atoms with E-state index in [4.69, 9.17) is 0 Å². The monoisotopic (exact) mass is 384 g/mol. The zero-order valence-corrected chi connectivity index (χ0v) is 15.6. The summed E-state index contributed by atoms with van der Waals surface area (Å²) in [6.07, 6.45) is 5.53. The maximum Gasteiger partial charge on any atom is 0.224 e. The zero-order valence-electron chi connectivity index (χ0n) is 14.8. The molecule has 0 aromatic carbocycles. The van der Waals surface area contributed by atoms with E-state index in [1.807, 2.05) is 28.8 Å². The van der Waals surface area contributed by atoms with Gasteiger partial charge in [0, 0.05) is 55.6 Å². The average Bonchev–Trinajstić information content (AvgIpc) is 3.05. The number of pyridine rings is 2. The quantitative estimate of drug-likeness (QED) is 0.684. The van der Waals surface area contributed by atoms with Crippen LogP contribution in [0.1, 0.15) is 6.42 Å². The van der Waals surface area contributed by atoms with Crippen LogP contribution in [-0.4, -0.2) is 58.4 Å². The van der Waals surface area contributed by atoms with Gasteiger partial charge in [-0.1, -0.05) is 0 Å². The first kappa shape index (κ1) is 17.7. The van der Waals surface area contributed by atoms with Crippen LogP contribution in [0.3, 0.4) is 0 Å². The lowest BCUT2D eigenvalue weighted by Crippen LogP contribution is -2.43. The van der Waals surface area contributed by atoms with Crippen molar-refractivity contribution in [2.75, 3.05) is 24.6 Å². The summed E-state index contributed by atoms with van der Waals surface area (Å²) in [5.74, 6) is 0.0765. The highest BCUT2D eigenvalue weighted by atomic mass is 32.2. The minimum atomic E-state index is -2.99. The maximum atomic E-state index is 12.6. The molecule has 0 atom stereocenters. The molecule has 4 heterocycles. The third-order valence-corrected chi connectivity index (χ3v) is 6.49. The van der Waals surface area contributed by atoms with E-state index in [-0.39, 0.29) is 30.5 Å². The van der Waals surface area contributed by atoms with E-state index in [0.29, 0.717) is 13.0 Å². The summed E-state index contributed by atoms with van der Waals surface area (Å²) in [4.78, 5) is 22.8. The number of carbonyl (C=O) groups is 1. The molecule has 3 aromatic heterocycles. The SMILES string of the molecule is O=C(CCn1c(-c2ccncc2)cc2cccnc21)N1CCS(=O)(=O)CC1. The van der Waals surface area contributed by atoms with Gasteiger partial charge in [0.1, 0.15) is 5.65 Å². The predicted molar refractivity (Wildman–Crippen MR) is 103 cm³/mol. The number of rotatable bonds is 4. The van der Waals surface area contributed by atoms with E-state index in [1.165, 1.54) is 0 Å². The first-order valence-electron chi connectivity index (χ1n) is 8.86. The molecular weight excluding hydrogens is 364 g/mol. The highest BCUT2D eigenvalue weighted by molar-refractivity contribution is 7.91. The van der Waals surface area contributed by atoms with Gasteiger partial charge in [0.2, 0.25) is 5.91 Å². The number of amides is 1. The molecule has 3 aromatic rings. The fourth-order valence-electron chi connectivity index (χ4n) is 3.40. The Hall–Kier alpha value is -2.74. The normalized spacial score (nSPS) is 16.5. The van der Waals surface area contributed by atoms with Gasteiger partial charge in [-0.05, 0) is 30.3 Å².